The molecule has 1 aliphatic rings. The summed E-state index contributed by atoms with van der Waals surface area (Å²) in [6, 6.07) is 20.1. The predicted molar refractivity (Wildman–Crippen MR) is 171 cm³/mol. The number of methoxy groups -OCH3 is 1. The van der Waals surface area contributed by atoms with Crippen molar-refractivity contribution in [3.05, 3.63) is 93.4 Å². The molecule has 44 heavy (non-hydrogen) atoms. The second kappa shape index (κ2) is 11.8. The van der Waals surface area contributed by atoms with E-state index in [0.29, 0.717) is 78.9 Å². The van der Waals surface area contributed by atoms with Crippen LogP contribution in [0.1, 0.15) is 35.0 Å². The van der Waals surface area contributed by atoms with Gasteiger partial charge in [-0.05, 0) is 72.2 Å². The van der Waals surface area contributed by atoms with Gasteiger partial charge in [0, 0.05) is 45.8 Å². The average Bonchev–Trinajstić information content (AvgIpc) is 3.63. The molecule has 7 nitrogen and oxygen atoms in total. The number of rotatable bonds is 6. The molecule has 0 unspecified atom stereocenters. The van der Waals surface area contributed by atoms with Crippen LogP contribution in [0.4, 0.5) is 4.39 Å². The van der Waals surface area contributed by atoms with Crippen molar-refractivity contribution in [2.75, 3.05) is 20.2 Å². The van der Waals surface area contributed by atoms with Crippen molar-refractivity contribution < 1.29 is 22.3 Å². The second-order valence-electron chi connectivity index (χ2n) is 10.8. The minimum Gasteiger partial charge on any atom is -0.465 e. The first kappa shape index (κ1) is 30.0. The van der Waals surface area contributed by atoms with Gasteiger partial charge in [-0.3, -0.25) is 0 Å². The van der Waals surface area contributed by atoms with Crippen molar-refractivity contribution in [2.45, 2.75) is 19.8 Å². The number of nitriles is 1. The number of hydrogen-bond acceptors (Lipinski definition) is 6. The molecule has 11 heteroatoms. The van der Waals surface area contributed by atoms with E-state index < -0.39 is 22.0 Å². The van der Waals surface area contributed by atoms with Gasteiger partial charge < -0.3 is 4.74 Å². The number of halogens is 2. The lowest BCUT2D eigenvalue weighted by Gasteiger charge is -2.30. The molecule has 0 radical (unpaired) electrons. The zero-order valence-corrected chi connectivity index (χ0v) is 26.3. The number of aromatic nitrogens is 1. The third-order valence-corrected chi connectivity index (χ3v) is 11.0. The molecule has 0 N–H and O–H groups in total. The highest BCUT2D eigenvalue weighted by Gasteiger charge is 2.34. The van der Waals surface area contributed by atoms with Gasteiger partial charge >= 0.3 is 16.2 Å². The van der Waals surface area contributed by atoms with Crippen LogP contribution in [0.25, 0.3) is 44.4 Å². The number of carbonyl (C=O) groups excluding carboxylic acids is 1. The van der Waals surface area contributed by atoms with Crippen molar-refractivity contribution in [1.82, 2.24) is 8.28 Å². The second-order valence-corrected chi connectivity index (χ2v) is 13.9. The normalized spacial score (nSPS) is 14.5. The average molecular weight is 648 g/mol. The molecule has 3 aromatic carbocycles. The van der Waals surface area contributed by atoms with Gasteiger partial charge in [0.05, 0.1) is 23.9 Å². The molecule has 0 atom stereocenters. The molecule has 0 spiro atoms. The van der Waals surface area contributed by atoms with E-state index in [0.717, 1.165) is 12.8 Å². The fourth-order valence-corrected chi connectivity index (χ4v) is 8.48. The van der Waals surface area contributed by atoms with Gasteiger partial charge in [-0.1, -0.05) is 42.8 Å². The topological polar surface area (TPSA) is 92.4 Å². The van der Waals surface area contributed by atoms with Crippen LogP contribution in [0.5, 0.6) is 0 Å². The first-order chi connectivity index (χ1) is 21.1. The van der Waals surface area contributed by atoms with Gasteiger partial charge in [0.15, 0.2) is 0 Å². The molecule has 2 aromatic heterocycles. The lowest BCUT2D eigenvalue weighted by Crippen LogP contribution is -2.41. The maximum Gasteiger partial charge on any atom is 0.337 e. The Morgan fingerprint density at radius 3 is 2.50 bits per heavy atom. The molecule has 0 bridgehead atoms. The number of piperidine rings is 1. The number of benzene rings is 3. The summed E-state index contributed by atoms with van der Waals surface area (Å²) in [5.74, 6) is -0.635. The number of esters is 1. The van der Waals surface area contributed by atoms with E-state index in [9.17, 15) is 22.9 Å². The van der Waals surface area contributed by atoms with Crippen LogP contribution < -0.4 is 0 Å². The van der Waals surface area contributed by atoms with Crippen LogP contribution in [0.15, 0.2) is 72.1 Å². The summed E-state index contributed by atoms with van der Waals surface area (Å²) in [6.45, 7) is 2.84. The minimum atomic E-state index is -4.13. The van der Waals surface area contributed by atoms with Gasteiger partial charge in [-0.25, -0.2) is 13.2 Å². The Hall–Kier alpha value is -4.01. The Morgan fingerprint density at radius 1 is 1.05 bits per heavy atom. The standard InChI is InChI=1S/C33H27ClFN3O4S2/c1-20-10-13-37(14-11-20)44(40,41)38-29-9-7-24(35)18-27(29)31(26-12-15-43-30(26)19-36)32(38)22-5-3-4-21(16-22)25-8-6-23(17-28(25)34)33(39)42-2/h3-9,12,15-18,20H,10-11,13-14H2,1-2H3. The van der Waals surface area contributed by atoms with Gasteiger partial charge in [0.1, 0.15) is 16.8 Å². The summed E-state index contributed by atoms with van der Waals surface area (Å²) in [5, 5.41) is 12.4. The Labute approximate surface area is 263 Å². The van der Waals surface area contributed by atoms with Crippen LogP contribution in [-0.2, 0) is 14.9 Å². The largest absolute Gasteiger partial charge is 0.465 e. The summed E-state index contributed by atoms with van der Waals surface area (Å²) < 4.78 is 51.5. The third kappa shape index (κ3) is 5.20. The van der Waals surface area contributed by atoms with E-state index in [2.05, 4.69) is 13.0 Å². The van der Waals surface area contributed by atoms with Gasteiger partial charge in [0.2, 0.25) is 0 Å². The highest BCUT2D eigenvalue weighted by atomic mass is 35.5. The molecule has 0 aliphatic carbocycles. The van der Waals surface area contributed by atoms with E-state index in [4.69, 9.17) is 16.3 Å². The summed E-state index contributed by atoms with van der Waals surface area (Å²) >= 11 is 7.86. The SMILES string of the molecule is COC(=O)c1ccc(-c2cccc(-c3c(-c4ccsc4C#N)c4cc(F)ccc4n3S(=O)(=O)N3CCC(C)CC3)c2)c(Cl)c1. The Kier molecular flexibility index (Phi) is 8.07. The van der Waals surface area contributed by atoms with Crippen LogP contribution in [0.3, 0.4) is 0 Å². The van der Waals surface area contributed by atoms with Crippen molar-refractivity contribution in [2.24, 2.45) is 5.92 Å². The molecule has 0 saturated carbocycles. The summed E-state index contributed by atoms with van der Waals surface area (Å²) in [6.07, 6.45) is 1.46. The first-order valence-electron chi connectivity index (χ1n) is 13.9. The zero-order chi connectivity index (χ0) is 31.2. The van der Waals surface area contributed by atoms with Gasteiger partial charge in [0.25, 0.3) is 0 Å². The van der Waals surface area contributed by atoms with E-state index in [1.807, 2.05) is 12.1 Å². The van der Waals surface area contributed by atoms with Crippen molar-refractivity contribution >= 4 is 50.0 Å². The van der Waals surface area contributed by atoms with Gasteiger partial charge in [-0.2, -0.15) is 18.0 Å². The maximum atomic E-state index is 14.8. The number of nitrogens with zero attached hydrogens (tertiary/aromatic N) is 3. The summed E-state index contributed by atoms with van der Waals surface area (Å²) in [4.78, 5) is 12.4. The molecule has 224 valence electrons. The molecule has 6 rings (SSSR count). The first-order valence-corrected chi connectivity index (χ1v) is 16.6. The number of carbonyl (C=O) groups is 1. The van der Waals surface area contributed by atoms with E-state index in [-0.39, 0.29) is 0 Å². The Bertz CT molecular complexity index is 2070. The van der Waals surface area contributed by atoms with Crippen LogP contribution in [0.2, 0.25) is 5.02 Å². The lowest BCUT2D eigenvalue weighted by atomic mass is 9.96. The van der Waals surface area contributed by atoms with E-state index in [1.54, 1.807) is 35.7 Å². The van der Waals surface area contributed by atoms with Crippen molar-refractivity contribution in [1.29, 1.82) is 5.26 Å². The number of ether oxygens (including phenoxy) is 1. The van der Waals surface area contributed by atoms with E-state index >= 15 is 0 Å². The molecular weight excluding hydrogens is 621 g/mol. The smallest absolute Gasteiger partial charge is 0.337 e. The fourth-order valence-electron chi connectivity index (χ4n) is 5.76. The molecule has 1 aliphatic heterocycles. The monoisotopic (exact) mass is 647 g/mol. The molecule has 5 aromatic rings. The zero-order valence-electron chi connectivity index (χ0n) is 23.9. The molecule has 0 amide bonds. The minimum absolute atomic E-state index is 0.297. The van der Waals surface area contributed by atoms with Crippen molar-refractivity contribution in [3.8, 4) is 39.6 Å². The molecule has 1 saturated heterocycles. The summed E-state index contributed by atoms with van der Waals surface area (Å²) in [5.41, 5.74) is 3.74. The third-order valence-electron chi connectivity index (χ3n) is 8.06. The quantitative estimate of drug-likeness (QED) is 0.174. The highest BCUT2D eigenvalue weighted by molar-refractivity contribution is 7.87. The Balaban J connectivity index is 1.65. The molecule has 3 heterocycles. The summed E-state index contributed by atoms with van der Waals surface area (Å²) in [7, 11) is -2.84. The van der Waals surface area contributed by atoms with Crippen molar-refractivity contribution in [3.63, 3.8) is 0 Å². The van der Waals surface area contributed by atoms with Crippen LogP contribution >= 0.6 is 22.9 Å². The van der Waals surface area contributed by atoms with Gasteiger partial charge in [-0.15, -0.1) is 11.3 Å². The van der Waals surface area contributed by atoms with E-state index in [1.165, 1.54) is 51.0 Å². The maximum absolute atomic E-state index is 14.8. The highest BCUT2D eigenvalue weighted by Crippen LogP contribution is 2.46. The lowest BCUT2D eigenvalue weighted by molar-refractivity contribution is 0.0600. The molecule has 1 fully saturated rings. The number of hydrogen-bond donors (Lipinski definition) is 0. The van der Waals surface area contributed by atoms with Crippen LogP contribution in [0, 0.1) is 23.1 Å². The predicted octanol–water partition coefficient (Wildman–Crippen LogP) is 7.98. The fraction of sp³-hybridized carbons (Fsp3) is 0.212. The number of fused-ring (bicyclic) bond motifs is 1. The Morgan fingerprint density at radius 2 is 1.80 bits per heavy atom. The molecular formula is C33H27ClFN3O4S2. The number of thiophene rings is 1. The van der Waals surface area contributed by atoms with Crippen LogP contribution in [-0.4, -0.2) is 42.9 Å².